The lowest BCUT2D eigenvalue weighted by Crippen LogP contribution is -2.21. The number of nitrogens with one attached hydrogen (secondary N) is 1. The standard InChI is InChI=1S/C17H17ClF3N3O3/c1-9(10-4-5-14(11(18)7-10)27-17(19,20)21)6-13(25)12-8-15(26)23-16(22-12)24(2)3/h4-5,7-9H,6H2,1-3H3,(H,22,23,26)/t9-/m0/s1. The Balaban J connectivity index is 2.17. The Morgan fingerprint density at radius 1 is 1.33 bits per heavy atom. The molecule has 27 heavy (non-hydrogen) atoms. The maximum Gasteiger partial charge on any atom is 0.573 e. The number of benzene rings is 1. The van der Waals surface area contributed by atoms with Crippen molar-refractivity contribution in [3.8, 4) is 5.75 Å². The number of halogens is 4. The van der Waals surface area contributed by atoms with Gasteiger partial charge in [0.1, 0.15) is 11.4 Å². The van der Waals surface area contributed by atoms with Crippen molar-refractivity contribution in [2.24, 2.45) is 0 Å². The lowest BCUT2D eigenvalue weighted by molar-refractivity contribution is -0.274. The zero-order chi connectivity index (χ0) is 20.4. The number of Topliss-reactive ketones (excluding diaryl/α,β-unsaturated/α-hetero) is 1. The SMILES string of the molecule is C[C@@H](CC(=O)c1cc(=O)[nH]c(N(C)C)n1)c1ccc(OC(F)(F)F)c(Cl)c1. The number of hydrogen-bond donors (Lipinski definition) is 1. The average Bonchev–Trinajstić information content (AvgIpc) is 2.54. The molecule has 0 aliphatic rings. The maximum absolute atomic E-state index is 12.5. The molecule has 0 saturated carbocycles. The Morgan fingerprint density at radius 2 is 2.00 bits per heavy atom. The van der Waals surface area contributed by atoms with Gasteiger partial charge in [-0.1, -0.05) is 24.6 Å². The van der Waals surface area contributed by atoms with Gasteiger partial charge in [-0.25, -0.2) is 4.98 Å². The van der Waals surface area contributed by atoms with Crippen LogP contribution in [0.3, 0.4) is 0 Å². The average molecular weight is 404 g/mol. The predicted octanol–water partition coefficient (Wildman–Crippen LogP) is 3.76. The summed E-state index contributed by atoms with van der Waals surface area (Å²) >= 11 is 5.84. The lowest BCUT2D eigenvalue weighted by Gasteiger charge is -2.15. The quantitative estimate of drug-likeness (QED) is 0.743. The van der Waals surface area contributed by atoms with Crippen molar-refractivity contribution in [1.29, 1.82) is 0 Å². The molecule has 0 aliphatic heterocycles. The third kappa shape index (κ3) is 5.72. The molecule has 2 rings (SSSR count). The minimum atomic E-state index is -4.84. The van der Waals surface area contributed by atoms with Gasteiger partial charge in [0.05, 0.1) is 5.02 Å². The normalized spacial score (nSPS) is 12.6. The second-order valence-electron chi connectivity index (χ2n) is 6.11. The summed E-state index contributed by atoms with van der Waals surface area (Å²) in [7, 11) is 3.34. The smallest absolute Gasteiger partial charge is 0.404 e. The first-order chi connectivity index (χ1) is 12.5. The molecule has 0 spiro atoms. The van der Waals surface area contributed by atoms with Gasteiger partial charge in [0, 0.05) is 26.6 Å². The van der Waals surface area contributed by atoms with Crippen molar-refractivity contribution in [3.05, 3.63) is 50.9 Å². The molecule has 2 aromatic rings. The van der Waals surface area contributed by atoms with Crippen LogP contribution < -0.4 is 15.2 Å². The van der Waals surface area contributed by atoms with E-state index in [1.807, 2.05) is 0 Å². The number of rotatable bonds is 6. The van der Waals surface area contributed by atoms with Gasteiger partial charge in [-0.2, -0.15) is 0 Å². The summed E-state index contributed by atoms with van der Waals surface area (Å²) in [6, 6.07) is 4.93. The molecule has 0 unspecified atom stereocenters. The highest BCUT2D eigenvalue weighted by molar-refractivity contribution is 6.32. The highest BCUT2D eigenvalue weighted by atomic mass is 35.5. The zero-order valence-electron chi connectivity index (χ0n) is 14.7. The van der Waals surface area contributed by atoms with Gasteiger partial charge in [0.2, 0.25) is 5.95 Å². The molecule has 0 aliphatic carbocycles. The molecular weight excluding hydrogens is 387 g/mol. The highest BCUT2D eigenvalue weighted by Crippen LogP contribution is 2.33. The van der Waals surface area contributed by atoms with Crippen molar-refractivity contribution >= 4 is 23.3 Å². The van der Waals surface area contributed by atoms with Crippen LogP contribution in [0.1, 0.15) is 35.3 Å². The van der Waals surface area contributed by atoms with Crippen LogP contribution in [-0.2, 0) is 0 Å². The minimum absolute atomic E-state index is 0.000868. The van der Waals surface area contributed by atoms with Gasteiger partial charge >= 0.3 is 6.36 Å². The largest absolute Gasteiger partial charge is 0.573 e. The van der Waals surface area contributed by atoms with Gasteiger partial charge in [-0.15, -0.1) is 13.2 Å². The third-order valence-electron chi connectivity index (χ3n) is 3.68. The fourth-order valence-electron chi connectivity index (χ4n) is 2.33. The topological polar surface area (TPSA) is 75.3 Å². The number of ketones is 1. The summed E-state index contributed by atoms with van der Waals surface area (Å²) < 4.78 is 40.7. The second-order valence-corrected chi connectivity index (χ2v) is 6.52. The van der Waals surface area contributed by atoms with E-state index in [-0.39, 0.29) is 34.8 Å². The summed E-state index contributed by atoms with van der Waals surface area (Å²) in [4.78, 5) is 32.3. The van der Waals surface area contributed by atoms with Crippen LogP contribution in [-0.4, -0.2) is 36.2 Å². The summed E-state index contributed by atoms with van der Waals surface area (Å²) in [6.07, 6.45) is -4.85. The van der Waals surface area contributed by atoms with E-state index >= 15 is 0 Å². The van der Waals surface area contributed by atoms with Crippen molar-refractivity contribution in [2.75, 3.05) is 19.0 Å². The number of carbonyl (C=O) groups is 1. The minimum Gasteiger partial charge on any atom is -0.404 e. The molecule has 0 bridgehead atoms. The van der Waals surface area contributed by atoms with E-state index in [0.29, 0.717) is 5.56 Å². The van der Waals surface area contributed by atoms with E-state index in [2.05, 4.69) is 14.7 Å². The third-order valence-corrected chi connectivity index (χ3v) is 3.98. The number of aromatic amines is 1. The molecule has 6 nitrogen and oxygen atoms in total. The van der Waals surface area contributed by atoms with Crippen LogP contribution >= 0.6 is 11.6 Å². The zero-order valence-corrected chi connectivity index (χ0v) is 15.5. The summed E-state index contributed by atoms with van der Waals surface area (Å²) in [6.45, 7) is 1.72. The van der Waals surface area contributed by atoms with Gasteiger partial charge in [-0.3, -0.25) is 14.6 Å². The monoisotopic (exact) mass is 403 g/mol. The van der Waals surface area contributed by atoms with E-state index in [1.54, 1.807) is 25.9 Å². The number of carbonyl (C=O) groups excluding carboxylic acids is 1. The first-order valence-corrected chi connectivity index (χ1v) is 8.21. The van der Waals surface area contributed by atoms with E-state index in [0.717, 1.165) is 12.1 Å². The van der Waals surface area contributed by atoms with E-state index in [4.69, 9.17) is 11.6 Å². The van der Waals surface area contributed by atoms with Crippen molar-refractivity contribution in [2.45, 2.75) is 25.6 Å². The molecule has 0 radical (unpaired) electrons. The Morgan fingerprint density at radius 3 is 2.56 bits per heavy atom. The number of nitrogens with zero attached hydrogens (tertiary/aromatic N) is 2. The molecule has 0 amide bonds. The Hall–Kier alpha value is -2.55. The Labute approximate surface area is 157 Å². The van der Waals surface area contributed by atoms with Crippen molar-refractivity contribution < 1.29 is 22.7 Å². The van der Waals surface area contributed by atoms with Gasteiger partial charge in [0.25, 0.3) is 5.56 Å². The number of H-pyrrole nitrogens is 1. The highest BCUT2D eigenvalue weighted by Gasteiger charge is 2.32. The molecule has 1 heterocycles. The van der Waals surface area contributed by atoms with E-state index in [1.165, 1.54) is 12.1 Å². The number of alkyl halides is 3. The number of aromatic nitrogens is 2. The first kappa shape index (κ1) is 20.8. The van der Waals surface area contributed by atoms with Crippen LogP contribution in [0.2, 0.25) is 5.02 Å². The van der Waals surface area contributed by atoms with Crippen LogP contribution in [0.4, 0.5) is 19.1 Å². The summed E-state index contributed by atoms with van der Waals surface area (Å²) in [5, 5.41) is -0.215. The number of anilines is 1. The molecule has 146 valence electrons. The van der Waals surface area contributed by atoms with E-state index in [9.17, 15) is 22.8 Å². The molecule has 1 atom stereocenters. The van der Waals surface area contributed by atoms with Crippen LogP contribution in [0.15, 0.2) is 29.1 Å². The fraction of sp³-hybridized carbons (Fsp3) is 0.353. The molecule has 0 fully saturated rings. The summed E-state index contributed by atoms with van der Waals surface area (Å²) in [5.41, 5.74) is 0.111. The lowest BCUT2D eigenvalue weighted by atomic mass is 9.94. The predicted molar refractivity (Wildman–Crippen MR) is 94.7 cm³/mol. The van der Waals surface area contributed by atoms with Crippen LogP contribution in [0.25, 0.3) is 0 Å². The van der Waals surface area contributed by atoms with Crippen LogP contribution in [0, 0.1) is 0 Å². The maximum atomic E-state index is 12.5. The van der Waals surface area contributed by atoms with E-state index < -0.39 is 17.7 Å². The first-order valence-electron chi connectivity index (χ1n) is 7.83. The van der Waals surface area contributed by atoms with Gasteiger partial charge in [-0.05, 0) is 23.6 Å². The Bertz CT molecular complexity index is 897. The van der Waals surface area contributed by atoms with Crippen molar-refractivity contribution in [3.63, 3.8) is 0 Å². The molecule has 1 aromatic heterocycles. The molecular formula is C17H17ClF3N3O3. The second kappa shape index (κ2) is 7.99. The van der Waals surface area contributed by atoms with Crippen molar-refractivity contribution in [1.82, 2.24) is 9.97 Å². The molecule has 1 aromatic carbocycles. The number of ether oxygens (including phenoxy) is 1. The number of hydrogen-bond acceptors (Lipinski definition) is 5. The molecule has 10 heteroatoms. The van der Waals surface area contributed by atoms with Gasteiger partial charge < -0.3 is 9.64 Å². The molecule has 1 N–H and O–H groups in total. The Kier molecular flexibility index (Phi) is 6.15. The molecule has 0 saturated heterocycles. The van der Waals surface area contributed by atoms with Gasteiger partial charge in [0.15, 0.2) is 5.78 Å². The van der Waals surface area contributed by atoms with Crippen LogP contribution in [0.5, 0.6) is 5.75 Å². The fourth-order valence-corrected chi connectivity index (χ4v) is 2.56. The summed E-state index contributed by atoms with van der Waals surface area (Å²) in [5.74, 6) is -1.00.